The summed E-state index contributed by atoms with van der Waals surface area (Å²) in [7, 11) is -4.93. The molecule has 0 aliphatic carbocycles. The van der Waals surface area contributed by atoms with Crippen LogP contribution in [0, 0.1) is 13.8 Å². The Morgan fingerprint density at radius 2 is 1.79 bits per heavy atom. The lowest BCUT2D eigenvalue weighted by molar-refractivity contribution is 0.102. The lowest BCUT2D eigenvalue weighted by Crippen LogP contribution is -2.20. The second-order valence-electron chi connectivity index (χ2n) is 5.87. The summed E-state index contributed by atoms with van der Waals surface area (Å²) in [5, 5.41) is 6.65. The molecule has 2 heterocycles. The maximum atomic E-state index is 12.9. The summed E-state index contributed by atoms with van der Waals surface area (Å²) in [6, 6.07) is 6.59. The van der Waals surface area contributed by atoms with Gasteiger partial charge in [-0.25, -0.2) is 23.1 Å². The highest BCUT2D eigenvalue weighted by Gasteiger charge is 2.30. The number of anilines is 1. The Morgan fingerprint density at radius 1 is 1.14 bits per heavy atom. The Bertz CT molecular complexity index is 1130. The van der Waals surface area contributed by atoms with Gasteiger partial charge in [0.05, 0.1) is 34.2 Å². The predicted octanol–water partition coefficient (Wildman–Crippen LogP) is 2.53. The van der Waals surface area contributed by atoms with Crippen molar-refractivity contribution in [3.05, 3.63) is 59.7 Å². The molecule has 146 valence electrons. The van der Waals surface area contributed by atoms with Gasteiger partial charge in [0.1, 0.15) is 0 Å². The SMILES string of the molecule is Cc1cc(C)n(-c2ncc(NC(=O)c3ccccc3S(=O)(=O)C(F)F)cn2)n1. The standard InChI is InChI=1S/C17H15F2N5O3S/c1-10-7-11(2)24(23-10)17-20-8-12(9-21-17)22-15(25)13-5-3-4-6-14(13)28(26,27)16(18)19/h3-9,16H,1-2H3,(H,22,25). The first-order valence-corrected chi connectivity index (χ1v) is 9.53. The van der Waals surface area contributed by atoms with Crippen LogP contribution in [0.15, 0.2) is 47.6 Å². The Morgan fingerprint density at radius 3 is 2.36 bits per heavy atom. The van der Waals surface area contributed by atoms with E-state index in [9.17, 15) is 22.0 Å². The minimum Gasteiger partial charge on any atom is -0.319 e. The molecule has 0 radical (unpaired) electrons. The molecule has 3 aromatic rings. The van der Waals surface area contributed by atoms with Gasteiger partial charge in [0.15, 0.2) is 0 Å². The Hall–Kier alpha value is -3.21. The topological polar surface area (TPSA) is 107 Å². The molecule has 11 heteroatoms. The van der Waals surface area contributed by atoms with Crippen LogP contribution in [-0.2, 0) is 9.84 Å². The molecule has 0 aliphatic rings. The molecule has 1 N–H and O–H groups in total. The molecule has 1 amide bonds. The maximum absolute atomic E-state index is 12.9. The summed E-state index contributed by atoms with van der Waals surface area (Å²) in [6.45, 7) is 3.66. The van der Waals surface area contributed by atoms with E-state index >= 15 is 0 Å². The van der Waals surface area contributed by atoms with E-state index < -0.39 is 32.0 Å². The van der Waals surface area contributed by atoms with Crippen LogP contribution in [0.1, 0.15) is 21.7 Å². The molecule has 0 unspecified atom stereocenters. The van der Waals surface area contributed by atoms with Gasteiger partial charge >= 0.3 is 5.76 Å². The van der Waals surface area contributed by atoms with E-state index in [2.05, 4.69) is 20.4 Å². The number of aromatic nitrogens is 4. The fourth-order valence-corrected chi connectivity index (χ4v) is 3.45. The molecule has 0 saturated carbocycles. The molecule has 8 nitrogen and oxygen atoms in total. The molecule has 0 atom stereocenters. The van der Waals surface area contributed by atoms with E-state index in [0.29, 0.717) is 0 Å². The van der Waals surface area contributed by atoms with Crippen molar-refractivity contribution in [1.82, 2.24) is 19.7 Å². The number of amides is 1. The first-order chi connectivity index (χ1) is 13.2. The van der Waals surface area contributed by atoms with Gasteiger partial charge in [0.2, 0.25) is 9.84 Å². The van der Waals surface area contributed by atoms with E-state index in [4.69, 9.17) is 0 Å². The lowest BCUT2D eigenvalue weighted by Gasteiger charge is -2.10. The van der Waals surface area contributed by atoms with Crippen molar-refractivity contribution >= 4 is 21.4 Å². The summed E-state index contributed by atoms with van der Waals surface area (Å²) in [4.78, 5) is 19.9. The number of sulfone groups is 1. The highest BCUT2D eigenvalue weighted by atomic mass is 32.2. The highest BCUT2D eigenvalue weighted by molar-refractivity contribution is 7.91. The number of halogens is 2. The van der Waals surface area contributed by atoms with Crippen molar-refractivity contribution in [3.63, 3.8) is 0 Å². The third kappa shape index (κ3) is 3.74. The van der Waals surface area contributed by atoms with Crippen molar-refractivity contribution < 1.29 is 22.0 Å². The summed E-state index contributed by atoms with van der Waals surface area (Å²) in [5.41, 5.74) is 1.38. The monoisotopic (exact) mass is 407 g/mol. The molecule has 3 rings (SSSR count). The quantitative estimate of drug-likeness (QED) is 0.697. The third-order valence-electron chi connectivity index (χ3n) is 3.77. The van der Waals surface area contributed by atoms with Crippen molar-refractivity contribution in [2.75, 3.05) is 5.32 Å². The Labute approximate surface area is 159 Å². The number of rotatable bonds is 5. The molecule has 2 aromatic heterocycles. The number of carbonyl (C=O) groups is 1. The van der Waals surface area contributed by atoms with Gasteiger partial charge in [-0.15, -0.1) is 0 Å². The second kappa shape index (κ2) is 7.43. The van der Waals surface area contributed by atoms with E-state index in [0.717, 1.165) is 23.5 Å². The fraction of sp³-hybridized carbons (Fsp3) is 0.176. The fourth-order valence-electron chi connectivity index (χ4n) is 2.52. The highest BCUT2D eigenvalue weighted by Crippen LogP contribution is 2.23. The van der Waals surface area contributed by atoms with Crippen LogP contribution < -0.4 is 5.32 Å². The molecule has 0 bridgehead atoms. The van der Waals surface area contributed by atoms with E-state index in [1.807, 2.05) is 19.9 Å². The zero-order valence-electron chi connectivity index (χ0n) is 14.8. The van der Waals surface area contributed by atoms with Crippen molar-refractivity contribution in [2.24, 2.45) is 0 Å². The van der Waals surface area contributed by atoms with Crippen molar-refractivity contribution in [3.8, 4) is 5.95 Å². The number of alkyl halides is 2. The lowest BCUT2D eigenvalue weighted by atomic mass is 10.2. The average Bonchev–Trinajstić information content (AvgIpc) is 3.00. The second-order valence-corrected chi connectivity index (χ2v) is 7.75. The van der Waals surface area contributed by atoms with E-state index in [-0.39, 0.29) is 11.6 Å². The number of benzene rings is 1. The van der Waals surface area contributed by atoms with Crippen LogP contribution in [0.25, 0.3) is 5.95 Å². The molecule has 1 aromatic carbocycles. The molecule has 28 heavy (non-hydrogen) atoms. The maximum Gasteiger partial charge on any atom is 0.341 e. The van der Waals surface area contributed by atoms with Gasteiger partial charge in [-0.3, -0.25) is 4.79 Å². The zero-order valence-corrected chi connectivity index (χ0v) is 15.6. The summed E-state index contributed by atoms with van der Waals surface area (Å²) < 4.78 is 50.8. The van der Waals surface area contributed by atoms with E-state index in [1.54, 1.807) is 0 Å². The van der Waals surface area contributed by atoms with Crippen LogP contribution >= 0.6 is 0 Å². The van der Waals surface area contributed by atoms with Crippen molar-refractivity contribution in [2.45, 2.75) is 24.5 Å². The minimum absolute atomic E-state index is 0.166. The number of hydrogen-bond donors (Lipinski definition) is 1. The molecule has 0 saturated heterocycles. The largest absolute Gasteiger partial charge is 0.341 e. The summed E-state index contributed by atoms with van der Waals surface area (Å²) >= 11 is 0. The Balaban J connectivity index is 1.86. The van der Waals surface area contributed by atoms with Gasteiger partial charge in [0.25, 0.3) is 11.9 Å². The molecule has 0 aliphatic heterocycles. The Kier molecular flexibility index (Phi) is 5.18. The van der Waals surface area contributed by atoms with Gasteiger partial charge in [0, 0.05) is 5.69 Å². The molecular weight excluding hydrogens is 392 g/mol. The molecule has 0 fully saturated rings. The average molecular weight is 407 g/mol. The first kappa shape index (κ1) is 19.5. The van der Waals surface area contributed by atoms with Crippen LogP contribution in [0.4, 0.5) is 14.5 Å². The van der Waals surface area contributed by atoms with Gasteiger partial charge < -0.3 is 5.32 Å². The van der Waals surface area contributed by atoms with Crippen LogP contribution in [-0.4, -0.2) is 39.8 Å². The van der Waals surface area contributed by atoms with Gasteiger partial charge in [-0.1, -0.05) is 12.1 Å². The van der Waals surface area contributed by atoms with Crippen LogP contribution in [0.3, 0.4) is 0 Å². The van der Waals surface area contributed by atoms with E-state index in [1.165, 1.54) is 29.2 Å². The summed E-state index contributed by atoms with van der Waals surface area (Å²) in [6.07, 6.45) is 2.61. The first-order valence-electron chi connectivity index (χ1n) is 7.98. The third-order valence-corrected chi connectivity index (χ3v) is 5.21. The van der Waals surface area contributed by atoms with Gasteiger partial charge in [-0.2, -0.15) is 13.9 Å². The van der Waals surface area contributed by atoms with Crippen LogP contribution in [0.2, 0.25) is 0 Å². The number of nitrogens with one attached hydrogen (secondary N) is 1. The minimum atomic E-state index is -4.93. The van der Waals surface area contributed by atoms with Crippen molar-refractivity contribution in [1.29, 1.82) is 0 Å². The summed E-state index contributed by atoms with van der Waals surface area (Å²) in [5.74, 6) is -4.23. The number of carbonyl (C=O) groups excluding carboxylic acids is 1. The number of nitrogens with zero attached hydrogens (tertiary/aromatic N) is 4. The molecular formula is C17H15F2N5O3S. The van der Waals surface area contributed by atoms with Gasteiger partial charge in [-0.05, 0) is 32.0 Å². The number of hydrogen-bond acceptors (Lipinski definition) is 6. The number of aryl methyl sites for hydroxylation is 2. The smallest absolute Gasteiger partial charge is 0.319 e. The van der Waals surface area contributed by atoms with Crippen LogP contribution in [0.5, 0.6) is 0 Å². The predicted molar refractivity (Wildman–Crippen MR) is 96.2 cm³/mol. The zero-order chi connectivity index (χ0) is 20.5. The normalized spacial score (nSPS) is 11.6. The molecule has 0 spiro atoms.